The molecular weight excluding hydrogens is 390 g/mol. The minimum absolute atomic E-state index is 0.440. The lowest BCUT2D eigenvalue weighted by Crippen LogP contribution is -2.44. The van der Waals surface area contributed by atoms with Gasteiger partial charge in [0.25, 0.3) is 0 Å². The van der Waals surface area contributed by atoms with E-state index in [0.717, 1.165) is 28.9 Å². The number of hydrogen-bond donors (Lipinski definition) is 2. The Labute approximate surface area is 183 Å². The number of aliphatic imine (C=N–C) groups is 1. The Morgan fingerprint density at radius 3 is 2.61 bits per heavy atom. The maximum absolute atomic E-state index is 5.68. The molecule has 2 heterocycles. The van der Waals surface area contributed by atoms with Crippen LogP contribution in [0.3, 0.4) is 0 Å². The molecule has 1 saturated carbocycles. The van der Waals surface area contributed by atoms with Crippen molar-refractivity contribution in [3.8, 4) is 11.5 Å². The summed E-state index contributed by atoms with van der Waals surface area (Å²) < 4.78 is 7.66. The summed E-state index contributed by atoms with van der Waals surface area (Å²) in [6.07, 6.45) is 7.86. The maximum Gasteiger partial charge on any atom is 0.226 e. The Hall–Kier alpha value is -3.16. The van der Waals surface area contributed by atoms with E-state index in [0.29, 0.717) is 25.0 Å². The predicted molar refractivity (Wildman–Crippen MR) is 120 cm³/mol. The van der Waals surface area contributed by atoms with Crippen LogP contribution in [0.1, 0.15) is 55.0 Å². The van der Waals surface area contributed by atoms with E-state index in [-0.39, 0.29) is 0 Å². The molecule has 8 heteroatoms. The third-order valence-corrected chi connectivity index (χ3v) is 5.79. The van der Waals surface area contributed by atoms with Gasteiger partial charge in [-0.05, 0) is 38.8 Å². The lowest BCUT2D eigenvalue weighted by Gasteiger charge is -2.25. The highest BCUT2D eigenvalue weighted by molar-refractivity contribution is 5.80. The topological polar surface area (TPSA) is 93.2 Å². The number of aromatic nitrogens is 4. The SMILES string of the molecule is Cc1ccc(-c2nc(CN=C(NCc3nnc(C)n3C)NC3CCCCC3)co2)cc1. The molecule has 0 bridgehead atoms. The lowest BCUT2D eigenvalue weighted by atomic mass is 9.96. The summed E-state index contributed by atoms with van der Waals surface area (Å²) in [5.41, 5.74) is 2.98. The zero-order chi connectivity index (χ0) is 21.6. The third kappa shape index (κ3) is 5.51. The molecule has 2 N–H and O–H groups in total. The molecule has 1 aliphatic carbocycles. The summed E-state index contributed by atoms with van der Waals surface area (Å²) >= 11 is 0. The number of aryl methyl sites for hydroxylation is 2. The molecule has 1 fully saturated rings. The van der Waals surface area contributed by atoms with E-state index in [1.165, 1.54) is 37.7 Å². The van der Waals surface area contributed by atoms with E-state index < -0.39 is 0 Å². The number of hydrogen-bond acceptors (Lipinski definition) is 5. The van der Waals surface area contributed by atoms with E-state index in [9.17, 15) is 0 Å². The van der Waals surface area contributed by atoms with Crippen molar-refractivity contribution in [2.45, 2.75) is 65.1 Å². The van der Waals surface area contributed by atoms with Crippen LogP contribution in [0.25, 0.3) is 11.5 Å². The average Bonchev–Trinajstić information content (AvgIpc) is 3.38. The molecule has 31 heavy (non-hydrogen) atoms. The summed E-state index contributed by atoms with van der Waals surface area (Å²) in [4.78, 5) is 9.38. The number of nitrogens with one attached hydrogen (secondary N) is 2. The average molecular weight is 422 g/mol. The predicted octanol–water partition coefficient (Wildman–Crippen LogP) is 3.66. The number of guanidine groups is 1. The van der Waals surface area contributed by atoms with Crippen LogP contribution >= 0.6 is 0 Å². The van der Waals surface area contributed by atoms with Crippen molar-refractivity contribution >= 4 is 5.96 Å². The molecule has 0 aliphatic heterocycles. The molecule has 1 aliphatic rings. The quantitative estimate of drug-likeness (QED) is 0.466. The second kappa shape index (κ2) is 9.76. The highest BCUT2D eigenvalue weighted by Crippen LogP contribution is 2.20. The molecule has 0 atom stereocenters. The Morgan fingerprint density at radius 1 is 1.13 bits per heavy atom. The van der Waals surface area contributed by atoms with Crippen LogP contribution < -0.4 is 10.6 Å². The fourth-order valence-corrected chi connectivity index (χ4v) is 3.73. The van der Waals surface area contributed by atoms with Crippen molar-refractivity contribution in [1.29, 1.82) is 0 Å². The molecule has 1 aromatic carbocycles. The molecule has 164 valence electrons. The Morgan fingerprint density at radius 2 is 1.90 bits per heavy atom. The summed E-state index contributed by atoms with van der Waals surface area (Å²) in [5.74, 6) is 3.16. The van der Waals surface area contributed by atoms with Crippen molar-refractivity contribution in [3.05, 3.63) is 53.4 Å². The molecule has 4 rings (SSSR count). The number of nitrogens with zero attached hydrogens (tertiary/aromatic N) is 5. The van der Waals surface area contributed by atoms with Crippen LogP contribution in [0.2, 0.25) is 0 Å². The molecule has 0 unspecified atom stereocenters. The zero-order valence-corrected chi connectivity index (χ0v) is 18.6. The van der Waals surface area contributed by atoms with Gasteiger partial charge in [0, 0.05) is 18.7 Å². The Kier molecular flexibility index (Phi) is 6.64. The van der Waals surface area contributed by atoms with Crippen LogP contribution in [0, 0.1) is 13.8 Å². The third-order valence-electron chi connectivity index (χ3n) is 5.79. The van der Waals surface area contributed by atoms with Crippen molar-refractivity contribution in [1.82, 2.24) is 30.4 Å². The summed E-state index contributed by atoms with van der Waals surface area (Å²) in [5, 5.41) is 15.4. The number of rotatable bonds is 6. The van der Waals surface area contributed by atoms with Crippen molar-refractivity contribution in [2.24, 2.45) is 12.0 Å². The molecular formula is C23H31N7O. The summed E-state index contributed by atoms with van der Waals surface area (Å²) in [6, 6.07) is 8.61. The van der Waals surface area contributed by atoms with E-state index in [2.05, 4.69) is 44.9 Å². The van der Waals surface area contributed by atoms with E-state index in [4.69, 9.17) is 9.41 Å². The molecule has 3 aromatic rings. The minimum Gasteiger partial charge on any atom is -0.444 e. The van der Waals surface area contributed by atoms with Gasteiger partial charge in [0.2, 0.25) is 5.89 Å². The van der Waals surface area contributed by atoms with Gasteiger partial charge in [0.05, 0.1) is 13.1 Å². The number of benzene rings is 1. The zero-order valence-electron chi connectivity index (χ0n) is 18.6. The van der Waals surface area contributed by atoms with Gasteiger partial charge in [-0.15, -0.1) is 10.2 Å². The van der Waals surface area contributed by atoms with Gasteiger partial charge in [0.15, 0.2) is 11.8 Å². The second-order valence-corrected chi connectivity index (χ2v) is 8.23. The molecule has 0 saturated heterocycles. The monoisotopic (exact) mass is 421 g/mol. The lowest BCUT2D eigenvalue weighted by molar-refractivity contribution is 0.409. The normalized spacial score (nSPS) is 15.3. The largest absolute Gasteiger partial charge is 0.444 e. The number of oxazole rings is 1. The maximum atomic E-state index is 5.68. The van der Waals surface area contributed by atoms with Gasteiger partial charge >= 0.3 is 0 Å². The first-order chi connectivity index (χ1) is 15.1. The van der Waals surface area contributed by atoms with Crippen molar-refractivity contribution < 1.29 is 4.42 Å². The van der Waals surface area contributed by atoms with E-state index in [1.807, 2.05) is 30.7 Å². The van der Waals surface area contributed by atoms with E-state index in [1.54, 1.807) is 6.26 Å². The highest BCUT2D eigenvalue weighted by atomic mass is 16.3. The molecule has 0 amide bonds. The standard InChI is InChI=1S/C23H31N7O/c1-16-9-11-18(12-10-16)22-26-20(15-31-22)13-24-23(27-19-7-5-4-6-8-19)25-14-21-29-28-17(2)30(21)3/h9-12,15,19H,4-8,13-14H2,1-3H3,(H2,24,25,27). The van der Waals surface area contributed by atoms with Crippen LogP contribution in [0.5, 0.6) is 0 Å². The van der Waals surface area contributed by atoms with Gasteiger partial charge in [-0.1, -0.05) is 37.0 Å². The van der Waals surface area contributed by atoms with Gasteiger partial charge in [-0.25, -0.2) is 9.98 Å². The van der Waals surface area contributed by atoms with Gasteiger partial charge in [0.1, 0.15) is 17.8 Å². The van der Waals surface area contributed by atoms with Crippen molar-refractivity contribution in [2.75, 3.05) is 0 Å². The second-order valence-electron chi connectivity index (χ2n) is 8.23. The van der Waals surface area contributed by atoms with Crippen molar-refractivity contribution in [3.63, 3.8) is 0 Å². The van der Waals surface area contributed by atoms with Gasteiger partial charge < -0.3 is 19.6 Å². The summed E-state index contributed by atoms with van der Waals surface area (Å²) in [6.45, 7) is 5.01. The smallest absolute Gasteiger partial charge is 0.226 e. The molecule has 8 nitrogen and oxygen atoms in total. The summed E-state index contributed by atoms with van der Waals surface area (Å²) in [7, 11) is 1.97. The first kappa shape index (κ1) is 21.1. The molecule has 0 spiro atoms. The van der Waals surface area contributed by atoms with E-state index >= 15 is 0 Å². The Bertz CT molecular complexity index is 1010. The first-order valence-electron chi connectivity index (χ1n) is 11.0. The Balaban J connectivity index is 1.44. The van der Waals surface area contributed by atoms with Crippen LogP contribution in [0.4, 0.5) is 0 Å². The minimum atomic E-state index is 0.440. The fraction of sp³-hybridized carbons (Fsp3) is 0.478. The van der Waals surface area contributed by atoms with Crippen LogP contribution in [0.15, 0.2) is 39.9 Å². The highest BCUT2D eigenvalue weighted by Gasteiger charge is 2.16. The van der Waals surface area contributed by atoms with Crippen LogP contribution in [-0.2, 0) is 20.1 Å². The first-order valence-corrected chi connectivity index (χ1v) is 11.0. The van der Waals surface area contributed by atoms with Gasteiger partial charge in [-0.3, -0.25) is 0 Å². The molecule has 2 aromatic heterocycles. The van der Waals surface area contributed by atoms with Gasteiger partial charge in [-0.2, -0.15) is 0 Å². The fourth-order valence-electron chi connectivity index (χ4n) is 3.73. The van der Waals surface area contributed by atoms with Crippen LogP contribution in [-0.4, -0.2) is 31.7 Å². The molecule has 0 radical (unpaired) electrons.